The van der Waals surface area contributed by atoms with Crippen molar-refractivity contribution < 1.29 is 5.11 Å². The Hall–Kier alpha value is -2.47. The first kappa shape index (κ1) is 11.6. The first-order chi connectivity index (χ1) is 9.38. The van der Waals surface area contributed by atoms with Crippen molar-refractivity contribution >= 4 is 16.9 Å². The van der Waals surface area contributed by atoms with Gasteiger partial charge in [-0.05, 0) is 5.56 Å². The molecule has 0 saturated carbocycles. The largest absolute Gasteiger partial charge is 0.394 e. The number of aliphatic hydroxyl groups is 1. The highest BCUT2D eigenvalue weighted by Crippen LogP contribution is 2.22. The molecule has 0 fully saturated rings. The molecule has 0 aliphatic carbocycles. The maximum atomic E-state index is 9.53. The molecule has 0 aliphatic heterocycles. The molecule has 6 heteroatoms. The number of nitrogens with zero attached hydrogens (tertiary/aromatic N) is 3. The number of nitrogens with one attached hydrogen (secondary N) is 2. The zero-order chi connectivity index (χ0) is 13.1. The number of fused-ring (bicyclic) bond motifs is 1. The van der Waals surface area contributed by atoms with Crippen molar-refractivity contribution in [3.05, 3.63) is 48.4 Å². The number of H-pyrrole nitrogens is 1. The third-order valence-corrected chi connectivity index (χ3v) is 2.94. The first-order valence-electron chi connectivity index (χ1n) is 5.95. The van der Waals surface area contributed by atoms with Gasteiger partial charge in [0.2, 0.25) is 0 Å². The quantitative estimate of drug-likeness (QED) is 0.657. The third-order valence-electron chi connectivity index (χ3n) is 2.94. The lowest BCUT2D eigenvalue weighted by Gasteiger charge is -2.17. The number of hydrogen-bond acceptors (Lipinski definition) is 5. The second-order valence-corrected chi connectivity index (χ2v) is 4.14. The number of benzene rings is 1. The molecule has 3 N–H and O–H groups in total. The minimum Gasteiger partial charge on any atom is -0.394 e. The lowest BCUT2D eigenvalue weighted by Crippen LogP contribution is -2.15. The molecule has 1 aromatic carbocycles. The van der Waals surface area contributed by atoms with Gasteiger partial charge in [-0.1, -0.05) is 30.3 Å². The summed E-state index contributed by atoms with van der Waals surface area (Å²) in [6.45, 7) is -0.0205. The van der Waals surface area contributed by atoms with Crippen LogP contribution in [0.25, 0.3) is 11.0 Å². The monoisotopic (exact) mass is 255 g/mol. The number of anilines is 1. The number of hydrogen-bond donors (Lipinski definition) is 3. The second kappa shape index (κ2) is 5.03. The standard InChI is InChI=1S/C13H13N5O/c19-7-11(9-4-2-1-3-5-9)17-12-10-6-16-18-13(10)15-8-14-12/h1-6,8,11,19H,7H2,(H2,14,15,16,17,18). The summed E-state index contributed by atoms with van der Waals surface area (Å²) in [5.41, 5.74) is 1.67. The second-order valence-electron chi connectivity index (χ2n) is 4.14. The average Bonchev–Trinajstić information content (AvgIpc) is 2.95. The smallest absolute Gasteiger partial charge is 0.160 e. The van der Waals surface area contributed by atoms with Crippen LogP contribution in [0.4, 0.5) is 5.82 Å². The van der Waals surface area contributed by atoms with Crippen LogP contribution in [0, 0.1) is 0 Å². The van der Waals surface area contributed by atoms with E-state index in [0.29, 0.717) is 11.5 Å². The van der Waals surface area contributed by atoms with Crippen LogP contribution in [-0.4, -0.2) is 31.9 Å². The highest BCUT2D eigenvalue weighted by Gasteiger charge is 2.13. The van der Waals surface area contributed by atoms with Crippen LogP contribution in [0.1, 0.15) is 11.6 Å². The Morgan fingerprint density at radius 3 is 2.84 bits per heavy atom. The van der Waals surface area contributed by atoms with E-state index in [2.05, 4.69) is 25.5 Å². The normalized spacial score (nSPS) is 12.5. The maximum Gasteiger partial charge on any atom is 0.160 e. The number of aliphatic hydroxyl groups excluding tert-OH is 1. The topological polar surface area (TPSA) is 86.7 Å². The van der Waals surface area contributed by atoms with E-state index in [0.717, 1.165) is 10.9 Å². The molecular formula is C13H13N5O. The minimum atomic E-state index is -0.214. The van der Waals surface area contributed by atoms with Crippen molar-refractivity contribution in [2.75, 3.05) is 11.9 Å². The molecule has 0 amide bonds. The molecule has 1 unspecified atom stereocenters. The van der Waals surface area contributed by atoms with Crippen LogP contribution in [-0.2, 0) is 0 Å². The Labute approximate surface area is 109 Å². The molecule has 0 bridgehead atoms. The van der Waals surface area contributed by atoms with Gasteiger partial charge in [-0.2, -0.15) is 5.10 Å². The third kappa shape index (κ3) is 2.25. The highest BCUT2D eigenvalue weighted by molar-refractivity contribution is 5.85. The number of rotatable bonds is 4. The Morgan fingerprint density at radius 2 is 2.05 bits per heavy atom. The van der Waals surface area contributed by atoms with Crippen LogP contribution in [0.15, 0.2) is 42.9 Å². The van der Waals surface area contributed by atoms with Gasteiger partial charge in [-0.15, -0.1) is 0 Å². The summed E-state index contributed by atoms with van der Waals surface area (Å²) in [6.07, 6.45) is 3.12. The Bertz CT molecular complexity index is 667. The van der Waals surface area contributed by atoms with Crippen molar-refractivity contribution in [3.63, 3.8) is 0 Å². The van der Waals surface area contributed by atoms with E-state index in [-0.39, 0.29) is 12.6 Å². The maximum absolute atomic E-state index is 9.53. The molecule has 0 saturated heterocycles. The molecule has 0 spiro atoms. The van der Waals surface area contributed by atoms with Crippen LogP contribution in [0.3, 0.4) is 0 Å². The summed E-state index contributed by atoms with van der Waals surface area (Å²) in [6, 6.07) is 9.52. The van der Waals surface area contributed by atoms with E-state index in [9.17, 15) is 5.11 Å². The molecule has 0 radical (unpaired) electrons. The molecule has 1 atom stereocenters. The molecule has 6 nitrogen and oxygen atoms in total. The summed E-state index contributed by atoms with van der Waals surface area (Å²) in [5.74, 6) is 0.654. The average molecular weight is 255 g/mol. The van der Waals surface area contributed by atoms with Gasteiger partial charge in [0.25, 0.3) is 0 Å². The number of aromatic amines is 1. The predicted octanol–water partition coefficient (Wildman–Crippen LogP) is 1.50. The van der Waals surface area contributed by atoms with Gasteiger partial charge < -0.3 is 10.4 Å². The lowest BCUT2D eigenvalue weighted by atomic mass is 10.1. The van der Waals surface area contributed by atoms with E-state index < -0.39 is 0 Å². The first-order valence-corrected chi connectivity index (χ1v) is 5.95. The molecule has 19 heavy (non-hydrogen) atoms. The van der Waals surface area contributed by atoms with E-state index in [4.69, 9.17) is 0 Å². The van der Waals surface area contributed by atoms with Crippen molar-refractivity contribution in [2.24, 2.45) is 0 Å². The van der Waals surface area contributed by atoms with Crippen molar-refractivity contribution in [1.82, 2.24) is 20.2 Å². The van der Waals surface area contributed by atoms with Gasteiger partial charge in [0, 0.05) is 0 Å². The van der Waals surface area contributed by atoms with E-state index in [1.165, 1.54) is 6.33 Å². The summed E-state index contributed by atoms with van der Waals surface area (Å²) < 4.78 is 0. The van der Waals surface area contributed by atoms with Crippen LogP contribution in [0.2, 0.25) is 0 Å². The SMILES string of the molecule is OCC(Nc1ncnc2[nH]ncc12)c1ccccc1. The Kier molecular flexibility index (Phi) is 3.07. The number of aromatic nitrogens is 4. The minimum absolute atomic E-state index is 0.0205. The van der Waals surface area contributed by atoms with Crippen LogP contribution < -0.4 is 5.32 Å². The summed E-state index contributed by atoms with van der Waals surface area (Å²) in [4.78, 5) is 8.28. The fraction of sp³-hybridized carbons (Fsp3) is 0.154. The summed E-state index contributed by atoms with van der Waals surface area (Å²) >= 11 is 0. The predicted molar refractivity (Wildman–Crippen MR) is 71.6 cm³/mol. The van der Waals surface area contributed by atoms with Crippen molar-refractivity contribution in [3.8, 4) is 0 Å². The fourth-order valence-corrected chi connectivity index (χ4v) is 1.96. The lowest BCUT2D eigenvalue weighted by molar-refractivity contribution is 0.276. The Morgan fingerprint density at radius 1 is 1.21 bits per heavy atom. The van der Waals surface area contributed by atoms with Gasteiger partial charge in [-0.3, -0.25) is 5.10 Å². The van der Waals surface area contributed by atoms with Gasteiger partial charge in [0.15, 0.2) is 5.65 Å². The van der Waals surface area contributed by atoms with E-state index in [1.807, 2.05) is 30.3 Å². The molecule has 2 heterocycles. The van der Waals surface area contributed by atoms with Gasteiger partial charge in [-0.25, -0.2) is 9.97 Å². The molecule has 3 aromatic rings. The van der Waals surface area contributed by atoms with Gasteiger partial charge in [0.05, 0.1) is 24.2 Å². The zero-order valence-electron chi connectivity index (χ0n) is 10.1. The van der Waals surface area contributed by atoms with Crippen molar-refractivity contribution in [2.45, 2.75) is 6.04 Å². The molecule has 3 rings (SSSR count). The molecule has 2 aromatic heterocycles. The van der Waals surface area contributed by atoms with Gasteiger partial charge >= 0.3 is 0 Å². The highest BCUT2D eigenvalue weighted by atomic mass is 16.3. The molecular weight excluding hydrogens is 242 g/mol. The van der Waals surface area contributed by atoms with Crippen molar-refractivity contribution in [1.29, 1.82) is 0 Å². The summed E-state index contributed by atoms with van der Waals surface area (Å²) in [7, 11) is 0. The Balaban J connectivity index is 1.93. The molecule has 96 valence electrons. The van der Waals surface area contributed by atoms with E-state index >= 15 is 0 Å². The summed E-state index contributed by atoms with van der Waals surface area (Å²) in [5, 5.41) is 20.3. The fourth-order valence-electron chi connectivity index (χ4n) is 1.96. The van der Waals surface area contributed by atoms with Gasteiger partial charge in [0.1, 0.15) is 12.1 Å². The van der Waals surface area contributed by atoms with E-state index in [1.54, 1.807) is 6.20 Å². The molecule has 0 aliphatic rings. The van der Waals surface area contributed by atoms with Crippen LogP contribution >= 0.6 is 0 Å². The zero-order valence-corrected chi connectivity index (χ0v) is 10.1. The van der Waals surface area contributed by atoms with Crippen LogP contribution in [0.5, 0.6) is 0 Å².